The molecule has 0 spiro atoms. The summed E-state index contributed by atoms with van der Waals surface area (Å²) in [7, 11) is 0. The van der Waals surface area contributed by atoms with E-state index in [1.807, 2.05) is 0 Å². The van der Waals surface area contributed by atoms with Crippen LogP contribution in [0, 0.1) is 8.99 Å². The standard InChI is InChI=1S/C14H20BrIN2/c1-14(2,3)13-9-18(7-6-17-13)12-8-10(16)4-5-11(12)15/h4-5,8,13,17H,6-7,9H2,1-3H3. The largest absolute Gasteiger partial charge is 0.368 e. The first kappa shape index (κ1) is 14.6. The molecule has 0 amide bonds. The van der Waals surface area contributed by atoms with E-state index in [0.717, 1.165) is 19.6 Å². The summed E-state index contributed by atoms with van der Waals surface area (Å²) < 4.78 is 2.48. The summed E-state index contributed by atoms with van der Waals surface area (Å²) in [6.07, 6.45) is 0. The molecule has 0 aliphatic carbocycles. The quantitative estimate of drug-likeness (QED) is 0.691. The average molecular weight is 423 g/mol. The summed E-state index contributed by atoms with van der Waals surface area (Å²) in [5, 5.41) is 3.63. The minimum Gasteiger partial charge on any atom is -0.368 e. The first-order chi connectivity index (χ1) is 8.38. The molecule has 1 heterocycles. The second kappa shape index (κ2) is 5.67. The van der Waals surface area contributed by atoms with Gasteiger partial charge in [0.15, 0.2) is 0 Å². The van der Waals surface area contributed by atoms with Crippen LogP contribution in [0.1, 0.15) is 20.8 Å². The van der Waals surface area contributed by atoms with Gasteiger partial charge < -0.3 is 10.2 Å². The number of rotatable bonds is 1. The van der Waals surface area contributed by atoms with E-state index in [2.05, 4.69) is 87.7 Å². The molecule has 1 saturated heterocycles. The number of nitrogens with one attached hydrogen (secondary N) is 1. The second-order valence-corrected chi connectivity index (χ2v) is 8.01. The van der Waals surface area contributed by atoms with Gasteiger partial charge in [-0.3, -0.25) is 0 Å². The smallest absolute Gasteiger partial charge is 0.0522 e. The van der Waals surface area contributed by atoms with Crippen LogP contribution < -0.4 is 10.2 Å². The van der Waals surface area contributed by atoms with Crippen LogP contribution in [0.25, 0.3) is 0 Å². The van der Waals surface area contributed by atoms with E-state index in [1.165, 1.54) is 13.7 Å². The van der Waals surface area contributed by atoms with Gasteiger partial charge in [0, 0.05) is 33.7 Å². The summed E-state index contributed by atoms with van der Waals surface area (Å²) >= 11 is 6.05. The molecule has 100 valence electrons. The Balaban J connectivity index is 2.21. The zero-order chi connectivity index (χ0) is 13.3. The van der Waals surface area contributed by atoms with Gasteiger partial charge in [0.2, 0.25) is 0 Å². The van der Waals surface area contributed by atoms with Gasteiger partial charge in [-0.25, -0.2) is 0 Å². The number of hydrogen-bond acceptors (Lipinski definition) is 2. The maximum atomic E-state index is 3.67. The molecule has 2 rings (SSSR count). The van der Waals surface area contributed by atoms with Crippen molar-refractivity contribution in [2.75, 3.05) is 24.5 Å². The third-order valence-corrected chi connectivity index (χ3v) is 4.81. The minimum absolute atomic E-state index is 0.299. The summed E-state index contributed by atoms with van der Waals surface area (Å²) in [6, 6.07) is 7.08. The van der Waals surface area contributed by atoms with Crippen LogP contribution >= 0.6 is 38.5 Å². The van der Waals surface area contributed by atoms with E-state index < -0.39 is 0 Å². The summed E-state index contributed by atoms with van der Waals surface area (Å²) in [6.45, 7) is 10.1. The molecule has 1 unspecified atom stereocenters. The van der Waals surface area contributed by atoms with Crippen molar-refractivity contribution in [3.05, 3.63) is 26.2 Å². The van der Waals surface area contributed by atoms with E-state index in [4.69, 9.17) is 0 Å². The summed E-state index contributed by atoms with van der Waals surface area (Å²) in [5.74, 6) is 0. The molecule has 0 radical (unpaired) electrons. The number of piperazine rings is 1. The monoisotopic (exact) mass is 422 g/mol. The van der Waals surface area contributed by atoms with E-state index in [9.17, 15) is 0 Å². The molecule has 0 aromatic heterocycles. The summed E-state index contributed by atoms with van der Waals surface area (Å²) in [5.41, 5.74) is 1.62. The number of anilines is 1. The first-order valence-corrected chi connectivity index (χ1v) is 8.18. The van der Waals surface area contributed by atoms with Crippen LogP contribution in [-0.4, -0.2) is 25.7 Å². The molecule has 1 fully saturated rings. The fourth-order valence-corrected chi connectivity index (χ4v) is 3.25. The van der Waals surface area contributed by atoms with E-state index in [-0.39, 0.29) is 0 Å². The Kier molecular flexibility index (Phi) is 4.60. The minimum atomic E-state index is 0.299. The van der Waals surface area contributed by atoms with Gasteiger partial charge >= 0.3 is 0 Å². The fraction of sp³-hybridized carbons (Fsp3) is 0.571. The first-order valence-electron chi connectivity index (χ1n) is 6.31. The Bertz CT molecular complexity index is 428. The Hall–Kier alpha value is 0.190. The highest BCUT2D eigenvalue weighted by Gasteiger charge is 2.29. The van der Waals surface area contributed by atoms with Gasteiger partial charge in [-0.2, -0.15) is 0 Å². The van der Waals surface area contributed by atoms with Gasteiger partial charge in [-0.05, 0) is 62.1 Å². The lowest BCUT2D eigenvalue weighted by atomic mass is 9.85. The van der Waals surface area contributed by atoms with Crippen LogP contribution in [0.5, 0.6) is 0 Å². The number of nitrogens with zero attached hydrogens (tertiary/aromatic N) is 1. The zero-order valence-electron chi connectivity index (χ0n) is 11.1. The molecular weight excluding hydrogens is 403 g/mol. The third kappa shape index (κ3) is 3.39. The SMILES string of the molecule is CC(C)(C)C1CN(c2cc(I)ccc2Br)CCN1. The van der Waals surface area contributed by atoms with Crippen molar-refractivity contribution in [3.63, 3.8) is 0 Å². The summed E-state index contributed by atoms with van der Waals surface area (Å²) in [4.78, 5) is 2.48. The van der Waals surface area contributed by atoms with Gasteiger partial charge in [0.05, 0.1) is 5.69 Å². The normalized spacial score (nSPS) is 21.2. The van der Waals surface area contributed by atoms with Crippen molar-refractivity contribution in [2.24, 2.45) is 5.41 Å². The van der Waals surface area contributed by atoms with Gasteiger partial charge in [-0.1, -0.05) is 20.8 Å². The highest BCUT2D eigenvalue weighted by Crippen LogP contribution is 2.31. The molecule has 4 heteroatoms. The molecule has 1 aromatic rings. The zero-order valence-corrected chi connectivity index (χ0v) is 14.9. The highest BCUT2D eigenvalue weighted by molar-refractivity contribution is 14.1. The van der Waals surface area contributed by atoms with Crippen molar-refractivity contribution in [2.45, 2.75) is 26.8 Å². The number of benzene rings is 1. The molecule has 0 saturated carbocycles. The molecule has 1 aliphatic rings. The van der Waals surface area contributed by atoms with Crippen molar-refractivity contribution in [3.8, 4) is 0 Å². The van der Waals surface area contributed by atoms with Gasteiger partial charge in [0.25, 0.3) is 0 Å². The van der Waals surface area contributed by atoms with Crippen LogP contribution in [0.2, 0.25) is 0 Å². The lowest BCUT2D eigenvalue weighted by Gasteiger charge is -2.41. The van der Waals surface area contributed by atoms with E-state index in [1.54, 1.807) is 0 Å². The number of halogens is 2. The lowest BCUT2D eigenvalue weighted by Crippen LogP contribution is -2.56. The third-order valence-electron chi connectivity index (χ3n) is 3.47. The Morgan fingerprint density at radius 2 is 2.11 bits per heavy atom. The van der Waals surface area contributed by atoms with Gasteiger partial charge in [0.1, 0.15) is 0 Å². The van der Waals surface area contributed by atoms with Crippen molar-refractivity contribution in [1.82, 2.24) is 5.32 Å². The van der Waals surface area contributed by atoms with Crippen molar-refractivity contribution in [1.29, 1.82) is 0 Å². The second-order valence-electron chi connectivity index (χ2n) is 5.91. The van der Waals surface area contributed by atoms with E-state index in [0.29, 0.717) is 11.5 Å². The average Bonchev–Trinajstić information content (AvgIpc) is 2.31. The fourth-order valence-electron chi connectivity index (χ4n) is 2.28. The molecule has 1 N–H and O–H groups in total. The lowest BCUT2D eigenvalue weighted by molar-refractivity contribution is 0.254. The topological polar surface area (TPSA) is 15.3 Å². The molecular formula is C14H20BrIN2. The van der Waals surface area contributed by atoms with Crippen molar-refractivity contribution < 1.29 is 0 Å². The number of hydrogen-bond donors (Lipinski definition) is 1. The maximum Gasteiger partial charge on any atom is 0.0522 e. The van der Waals surface area contributed by atoms with Gasteiger partial charge in [-0.15, -0.1) is 0 Å². The van der Waals surface area contributed by atoms with Crippen molar-refractivity contribution >= 4 is 44.2 Å². The molecule has 1 aliphatic heterocycles. The Morgan fingerprint density at radius 1 is 1.39 bits per heavy atom. The molecule has 1 aromatic carbocycles. The molecule has 18 heavy (non-hydrogen) atoms. The van der Waals surface area contributed by atoms with Crippen LogP contribution in [-0.2, 0) is 0 Å². The van der Waals surface area contributed by atoms with Crippen LogP contribution in [0.15, 0.2) is 22.7 Å². The maximum absolute atomic E-state index is 3.67. The molecule has 0 bridgehead atoms. The molecule has 2 nitrogen and oxygen atoms in total. The Labute approximate surface area is 132 Å². The molecule has 1 atom stereocenters. The predicted octanol–water partition coefficient (Wildman–Crippen LogP) is 3.88. The van der Waals surface area contributed by atoms with Crippen LogP contribution in [0.4, 0.5) is 5.69 Å². The van der Waals surface area contributed by atoms with E-state index >= 15 is 0 Å². The van der Waals surface area contributed by atoms with Crippen LogP contribution in [0.3, 0.4) is 0 Å². The predicted molar refractivity (Wildman–Crippen MR) is 90.3 cm³/mol. The highest BCUT2D eigenvalue weighted by atomic mass is 127. The Morgan fingerprint density at radius 3 is 2.78 bits per heavy atom.